The molecule has 1 aromatic carbocycles. The average molecular weight is 256 g/mol. The summed E-state index contributed by atoms with van der Waals surface area (Å²) >= 11 is 1.36. The lowest BCUT2D eigenvalue weighted by Gasteiger charge is -2.10. The van der Waals surface area contributed by atoms with Crippen LogP contribution < -0.4 is 15.8 Å². The molecule has 0 heterocycles. The summed E-state index contributed by atoms with van der Waals surface area (Å²) < 4.78 is 5.11. The van der Waals surface area contributed by atoms with Crippen LogP contribution in [0.1, 0.15) is 0 Å². The molecule has 0 aliphatic carbocycles. The first-order valence-corrected chi connectivity index (χ1v) is 6.25. The van der Waals surface area contributed by atoms with Crippen molar-refractivity contribution in [2.75, 3.05) is 36.3 Å². The van der Waals surface area contributed by atoms with E-state index in [1.54, 1.807) is 18.2 Å². The molecule has 4 N–H and O–H groups in total. The van der Waals surface area contributed by atoms with Gasteiger partial charge in [0, 0.05) is 11.4 Å². The van der Waals surface area contributed by atoms with E-state index in [0.29, 0.717) is 28.6 Å². The van der Waals surface area contributed by atoms with Gasteiger partial charge in [0.25, 0.3) is 0 Å². The van der Waals surface area contributed by atoms with Crippen molar-refractivity contribution in [2.45, 2.75) is 0 Å². The number of aliphatic hydroxyl groups is 1. The monoisotopic (exact) mass is 256 g/mol. The number of aliphatic hydroxyl groups excluding tert-OH is 1. The minimum atomic E-state index is -0.146. The van der Waals surface area contributed by atoms with Crippen molar-refractivity contribution in [1.82, 2.24) is 0 Å². The van der Waals surface area contributed by atoms with Gasteiger partial charge in [-0.1, -0.05) is 0 Å². The molecule has 0 saturated heterocycles. The molecule has 0 aromatic heterocycles. The molecule has 0 saturated carbocycles. The molecule has 0 atom stereocenters. The Balaban J connectivity index is 2.60. The van der Waals surface area contributed by atoms with E-state index in [9.17, 15) is 4.79 Å². The largest absolute Gasteiger partial charge is 0.495 e. The Morgan fingerprint density at radius 2 is 2.35 bits per heavy atom. The number of hydrogen-bond donors (Lipinski definition) is 3. The van der Waals surface area contributed by atoms with Gasteiger partial charge in [0.15, 0.2) is 0 Å². The van der Waals surface area contributed by atoms with Gasteiger partial charge < -0.3 is 20.9 Å². The number of rotatable bonds is 6. The molecule has 17 heavy (non-hydrogen) atoms. The van der Waals surface area contributed by atoms with E-state index < -0.39 is 0 Å². The fourth-order valence-corrected chi connectivity index (χ4v) is 1.77. The van der Waals surface area contributed by atoms with Gasteiger partial charge in [-0.3, -0.25) is 4.79 Å². The summed E-state index contributed by atoms with van der Waals surface area (Å²) in [7, 11) is 1.53. The first-order valence-electron chi connectivity index (χ1n) is 5.09. The van der Waals surface area contributed by atoms with Crippen LogP contribution in [0.25, 0.3) is 0 Å². The Hall–Kier alpha value is -1.40. The lowest BCUT2D eigenvalue weighted by molar-refractivity contribution is -0.113. The predicted molar refractivity (Wildman–Crippen MR) is 70.4 cm³/mol. The smallest absolute Gasteiger partial charge is 0.234 e. The Kier molecular flexibility index (Phi) is 5.65. The van der Waals surface area contributed by atoms with Crippen molar-refractivity contribution in [3.63, 3.8) is 0 Å². The van der Waals surface area contributed by atoms with Gasteiger partial charge in [-0.2, -0.15) is 0 Å². The molecule has 0 aliphatic heterocycles. The predicted octanol–water partition coefficient (Wildman–Crippen LogP) is 0.941. The van der Waals surface area contributed by atoms with Gasteiger partial charge in [0.05, 0.1) is 25.2 Å². The van der Waals surface area contributed by atoms with Crippen molar-refractivity contribution in [3.05, 3.63) is 18.2 Å². The number of thioether (sulfide) groups is 1. The number of methoxy groups -OCH3 is 1. The molecule has 6 heteroatoms. The molecule has 0 unspecified atom stereocenters. The number of benzene rings is 1. The third-order valence-electron chi connectivity index (χ3n) is 1.97. The van der Waals surface area contributed by atoms with Crippen LogP contribution in [-0.4, -0.2) is 36.2 Å². The zero-order chi connectivity index (χ0) is 12.7. The van der Waals surface area contributed by atoms with Crippen molar-refractivity contribution in [2.24, 2.45) is 0 Å². The zero-order valence-electron chi connectivity index (χ0n) is 9.60. The van der Waals surface area contributed by atoms with Crippen molar-refractivity contribution < 1.29 is 14.6 Å². The standard InChI is InChI=1S/C11H16N2O3S/c1-16-10-3-2-8(12)6-9(10)13-11(15)7-17-5-4-14/h2-3,6,14H,4-5,7,12H2,1H3,(H,13,15). The van der Waals surface area contributed by atoms with Crippen LogP contribution in [-0.2, 0) is 4.79 Å². The van der Waals surface area contributed by atoms with Gasteiger partial charge >= 0.3 is 0 Å². The van der Waals surface area contributed by atoms with Crippen LogP contribution in [0, 0.1) is 0 Å². The quantitative estimate of drug-likeness (QED) is 0.521. The molecule has 0 fully saturated rings. The lowest BCUT2D eigenvalue weighted by Crippen LogP contribution is -2.15. The second-order valence-corrected chi connectivity index (χ2v) is 4.39. The number of nitrogens with one attached hydrogen (secondary N) is 1. The maximum absolute atomic E-state index is 11.6. The summed E-state index contributed by atoms with van der Waals surface area (Å²) in [6, 6.07) is 5.05. The van der Waals surface area contributed by atoms with Gasteiger partial charge in [-0.25, -0.2) is 0 Å². The molecule has 0 aliphatic rings. The van der Waals surface area contributed by atoms with E-state index >= 15 is 0 Å². The molecule has 94 valence electrons. The van der Waals surface area contributed by atoms with E-state index in [1.165, 1.54) is 18.9 Å². The third-order valence-corrected chi connectivity index (χ3v) is 2.90. The Bertz CT molecular complexity index is 385. The molecule has 5 nitrogen and oxygen atoms in total. The first kappa shape index (κ1) is 13.7. The van der Waals surface area contributed by atoms with E-state index in [1.807, 2.05) is 0 Å². The number of amides is 1. The second-order valence-electron chi connectivity index (χ2n) is 3.28. The van der Waals surface area contributed by atoms with E-state index in [-0.39, 0.29) is 12.5 Å². The van der Waals surface area contributed by atoms with Crippen LogP contribution in [0.4, 0.5) is 11.4 Å². The lowest BCUT2D eigenvalue weighted by atomic mass is 10.2. The average Bonchev–Trinajstić information content (AvgIpc) is 2.29. The molecule has 0 spiro atoms. The highest BCUT2D eigenvalue weighted by atomic mass is 32.2. The van der Waals surface area contributed by atoms with Crippen LogP contribution >= 0.6 is 11.8 Å². The summed E-state index contributed by atoms with van der Waals surface area (Å²) in [6.07, 6.45) is 0. The van der Waals surface area contributed by atoms with E-state index in [4.69, 9.17) is 15.6 Å². The molecule has 1 aromatic rings. The number of nitrogen functional groups attached to an aromatic ring is 1. The Morgan fingerprint density at radius 3 is 3.00 bits per heavy atom. The van der Waals surface area contributed by atoms with Crippen molar-refractivity contribution >= 4 is 29.0 Å². The second kappa shape index (κ2) is 7.03. The summed E-state index contributed by atoms with van der Waals surface area (Å²) in [5, 5.41) is 11.3. The van der Waals surface area contributed by atoms with Crippen LogP contribution in [0.5, 0.6) is 5.75 Å². The molecular weight excluding hydrogens is 240 g/mol. The fourth-order valence-electron chi connectivity index (χ4n) is 1.24. The maximum Gasteiger partial charge on any atom is 0.234 e. The summed E-state index contributed by atoms with van der Waals surface area (Å²) in [5.41, 5.74) is 6.75. The van der Waals surface area contributed by atoms with Crippen molar-refractivity contribution in [3.8, 4) is 5.75 Å². The number of carbonyl (C=O) groups is 1. The van der Waals surface area contributed by atoms with E-state index in [0.717, 1.165) is 0 Å². The molecule has 1 amide bonds. The van der Waals surface area contributed by atoms with Crippen LogP contribution in [0.2, 0.25) is 0 Å². The minimum Gasteiger partial charge on any atom is -0.495 e. The van der Waals surface area contributed by atoms with Gasteiger partial charge in [-0.15, -0.1) is 11.8 Å². The Labute approximate surface area is 104 Å². The molecule has 0 radical (unpaired) electrons. The normalized spacial score (nSPS) is 10.0. The molecular formula is C11H16N2O3S. The summed E-state index contributed by atoms with van der Waals surface area (Å²) in [4.78, 5) is 11.6. The zero-order valence-corrected chi connectivity index (χ0v) is 10.4. The van der Waals surface area contributed by atoms with Gasteiger partial charge in [0.1, 0.15) is 5.75 Å². The number of carbonyl (C=O) groups excluding carboxylic acids is 1. The number of hydrogen-bond acceptors (Lipinski definition) is 5. The number of ether oxygens (including phenoxy) is 1. The topological polar surface area (TPSA) is 84.6 Å². The number of nitrogens with two attached hydrogens (primary N) is 1. The maximum atomic E-state index is 11.6. The van der Waals surface area contributed by atoms with Crippen LogP contribution in [0.15, 0.2) is 18.2 Å². The number of anilines is 2. The summed E-state index contributed by atoms with van der Waals surface area (Å²) in [5.74, 6) is 1.26. The van der Waals surface area contributed by atoms with Gasteiger partial charge in [0.2, 0.25) is 5.91 Å². The van der Waals surface area contributed by atoms with E-state index in [2.05, 4.69) is 5.32 Å². The Morgan fingerprint density at radius 1 is 1.59 bits per heavy atom. The van der Waals surface area contributed by atoms with Crippen molar-refractivity contribution in [1.29, 1.82) is 0 Å². The third kappa shape index (κ3) is 4.54. The SMILES string of the molecule is COc1ccc(N)cc1NC(=O)CSCCO. The highest BCUT2D eigenvalue weighted by Crippen LogP contribution is 2.26. The molecule has 0 bridgehead atoms. The fraction of sp³-hybridized carbons (Fsp3) is 0.364. The highest BCUT2D eigenvalue weighted by molar-refractivity contribution is 7.99. The van der Waals surface area contributed by atoms with Crippen LogP contribution in [0.3, 0.4) is 0 Å². The highest BCUT2D eigenvalue weighted by Gasteiger charge is 2.07. The summed E-state index contributed by atoms with van der Waals surface area (Å²) in [6.45, 7) is 0.0690. The minimum absolute atomic E-state index is 0.0690. The molecule has 1 rings (SSSR count). The first-order chi connectivity index (χ1) is 8.17. The van der Waals surface area contributed by atoms with Gasteiger partial charge in [-0.05, 0) is 18.2 Å².